The zero-order valence-corrected chi connectivity index (χ0v) is 11.1. The summed E-state index contributed by atoms with van der Waals surface area (Å²) in [6, 6.07) is 11.8. The van der Waals surface area contributed by atoms with E-state index in [4.69, 9.17) is 27.9 Å². The summed E-state index contributed by atoms with van der Waals surface area (Å²) in [6.07, 6.45) is 0. The van der Waals surface area contributed by atoms with Gasteiger partial charge in [0.1, 0.15) is 5.75 Å². The van der Waals surface area contributed by atoms with Crippen molar-refractivity contribution in [3.8, 4) is 5.75 Å². The van der Waals surface area contributed by atoms with Gasteiger partial charge in [0.05, 0.1) is 10.6 Å². The highest BCUT2D eigenvalue weighted by Gasteiger charge is 2.12. The Morgan fingerprint density at radius 3 is 2.44 bits per heavy atom. The van der Waals surface area contributed by atoms with Crippen molar-refractivity contribution in [1.29, 1.82) is 0 Å². The van der Waals surface area contributed by atoms with E-state index in [0.29, 0.717) is 21.4 Å². The third-order valence-electron chi connectivity index (χ3n) is 2.45. The molecular formula is C14H10Cl2O2. The SMILES string of the molecule is Cc1ccc(OC(=O)c2ccccc2Cl)cc1Cl. The molecule has 2 aromatic carbocycles. The summed E-state index contributed by atoms with van der Waals surface area (Å²) in [5, 5.41) is 0.917. The predicted molar refractivity (Wildman–Crippen MR) is 72.6 cm³/mol. The average molecular weight is 281 g/mol. The number of carbonyl (C=O) groups is 1. The quantitative estimate of drug-likeness (QED) is 0.597. The van der Waals surface area contributed by atoms with Crippen molar-refractivity contribution in [2.75, 3.05) is 0 Å². The predicted octanol–water partition coefficient (Wildman–Crippen LogP) is 4.52. The summed E-state index contributed by atoms with van der Waals surface area (Å²) in [6.45, 7) is 1.88. The number of rotatable bonds is 2. The summed E-state index contributed by atoms with van der Waals surface area (Å²) >= 11 is 11.9. The topological polar surface area (TPSA) is 26.3 Å². The third-order valence-corrected chi connectivity index (χ3v) is 3.18. The van der Waals surface area contributed by atoms with Crippen molar-refractivity contribution in [2.45, 2.75) is 6.92 Å². The van der Waals surface area contributed by atoms with Gasteiger partial charge in [-0.05, 0) is 36.8 Å². The van der Waals surface area contributed by atoms with E-state index in [-0.39, 0.29) is 0 Å². The molecule has 2 aromatic rings. The Bertz CT molecular complexity index is 594. The monoisotopic (exact) mass is 280 g/mol. The molecule has 0 saturated carbocycles. The van der Waals surface area contributed by atoms with Gasteiger partial charge in [-0.2, -0.15) is 0 Å². The average Bonchev–Trinajstić information content (AvgIpc) is 2.34. The first kappa shape index (κ1) is 12.9. The van der Waals surface area contributed by atoms with Gasteiger partial charge in [0.15, 0.2) is 0 Å². The maximum absolute atomic E-state index is 11.9. The molecule has 0 unspecified atom stereocenters. The molecule has 4 heteroatoms. The van der Waals surface area contributed by atoms with Crippen LogP contribution in [0.25, 0.3) is 0 Å². The molecule has 0 aliphatic carbocycles. The maximum Gasteiger partial charge on any atom is 0.345 e. The lowest BCUT2D eigenvalue weighted by Gasteiger charge is -2.06. The van der Waals surface area contributed by atoms with Crippen molar-refractivity contribution in [3.63, 3.8) is 0 Å². The second-order valence-electron chi connectivity index (χ2n) is 3.78. The van der Waals surface area contributed by atoms with Crippen LogP contribution in [0.5, 0.6) is 5.75 Å². The molecule has 0 aliphatic heterocycles. The molecule has 0 heterocycles. The van der Waals surface area contributed by atoms with E-state index in [9.17, 15) is 4.79 Å². The van der Waals surface area contributed by atoms with Gasteiger partial charge in [-0.25, -0.2) is 4.79 Å². The summed E-state index contributed by atoms with van der Waals surface area (Å²) in [7, 11) is 0. The van der Waals surface area contributed by atoms with Crippen LogP contribution >= 0.6 is 23.2 Å². The lowest BCUT2D eigenvalue weighted by molar-refractivity contribution is 0.0735. The van der Waals surface area contributed by atoms with Gasteiger partial charge in [0.25, 0.3) is 0 Å². The molecule has 0 aromatic heterocycles. The molecular weight excluding hydrogens is 271 g/mol. The fourth-order valence-corrected chi connectivity index (χ4v) is 1.81. The van der Waals surface area contributed by atoms with Gasteiger partial charge >= 0.3 is 5.97 Å². The highest BCUT2D eigenvalue weighted by molar-refractivity contribution is 6.33. The standard InChI is InChI=1S/C14H10Cl2O2/c1-9-6-7-10(8-13(9)16)18-14(17)11-4-2-3-5-12(11)15/h2-8H,1H3. The molecule has 2 rings (SSSR count). The zero-order chi connectivity index (χ0) is 13.1. The van der Waals surface area contributed by atoms with Crippen LogP contribution in [0.15, 0.2) is 42.5 Å². The van der Waals surface area contributed by atoms with Gasteiger partial charge in [0.2, 0.25) is 0 Å². The number of aryl methyl sites for hydroxylation is 1. The minimum atomic E-state index is -0.500. The largest absolute Gasteiger partial charge is 0.423 e. The van der Waals surface area contributed by atoms with Crippen LogP contribution < -0.4 is 4.74 Å². The van der Waals surface area contributed by atoms with Crippen LogP contribution in [-0.4, -0.2) is 5.97 Å². The molecule has 0 spiro atoms. The first-order valence-corrected chi connectivity index (χ1v) is 6.06. The molecule has 0 N–H and O–H groups in total. The van der Waals surface area contributed by atoms with E-state index in [0.717, 1.165) is 5.56 Å². The first-order valence-electron chi connectivity index (χ1n) is 5.31. The van der Waals surface area contributed by atoms with E-state index < -0.39 is 5.97 Å². The number of hydrogen-bond donors (Lipinski definition) is 0. The fraction of sp³-hybridized carbons (Fsp3) is 0.0714. The van der Waals surface area contributed by atoms with Crippen molar-refractivity contribution in [1.82, 2.24) is 0 Å². The maximum atomic E-state index is 11.9. The Labute approximate surface area is 115 Å². The molecule has 0 fully saturated rings. The van der Waals surface area contributed by atoms with Crippen LogP contribution in [0.4, 0.5) is 0 Å². The lowest BCUT2D eigenvalue weighted by atomic mass is 10.2. The Hall–Kier alpha value is -1.51. The molecule has 0 atom stereocenters. The molecule has 18 heavy (non-hydrogen) atoms. The number of halogens is 2. The Balaban J connectivity index is 2.22. The minimum absolute atomic E-state index is 0.330. The molecule has 92 valence electrons. The second kappa shape index (κ2) is 5.42. The summed E-state index contributed by atoms with van der Waals surface area (Å²) in [5.41, 5.74) is 1.25. The van der Waals surface area contributed by atoms with E-state index in [1.54, 1.807) is 42.5 Å². The lowest BCUT2D eigenvalue weighted by Crippen LogP contribution is -2.09. The number of ether oxygens (including phenoxy) is 1. The number of hydrogen-bond acceptors (Lipinski definition) is 2. The number of carbonyl (C=O) groups excluding carboxylic acids is 1. The highest BCUT2D eigenvalue weighted by Crippen LogP contribution is 2.23. The van der Waals surface area contributed by atoms with Gasteiger partial charge in [-0.3, -0.25) is 0 Å². The fourth-order valence-electron chi connectivity index (χ4n) is 1.43. The van der Waals surface area contributed by atoms with Gasteiger partial charge in [0, 0.05) is 5.02 Å². The van der Waals surface area contributed by atoms with Crippen molar-refractivity contribution < 1.29 is 9.53 Å². The summed E-state index contributed by atoms with van der Waals surface area (Å²) in [5.74, 6) is -0.101. The number of esters is 1. The third kappa shape index (κ3) is 2.84. The summed E-state index contributed by atoms with van der Waals surface area (Å²) in [4.78, 5) is 11.9. The van der Waals surface area contributed by atoms with E-state index in [1.807, 2.05) is 6.92 Å². The van der Waals surface area contributed by atoms with Gasteiger partial charge < -0.3 is 4.74 Å². The Kier molecular flexibility index (Phi) is 3.90. The smallest absolute Gasteiger partial charge is 0.345 e. The van der Waals surface area contributed by atoms with Crippen LogP contribution in [0.2, 0.25) is 10.0 Å². The van der Waals surface area contributed by atoms with Crippen molar-refractivity contribution in [2.24, 2.45) is 0 Å². The Morgan fingerprint density at radius 2 is 1.78 bits per heavy atom. The van der Waals surface area contributed by atoms with Crippen LogP contribution in [0.3, 0.4) is 0 Å². The molecule has 2 nitrogen and oxygen atoms in total. The van der Waals surface area contributed by atoms with Crippen LogP contribution in [0.1, 0.15) is 15.9 Å². The first-order chi connectivity index (χ1) is 8.58. The van der Waals surface area contributed by atoms with Crippen molar-refractivity contribution in [3.05, 3.63) is 63.6 Å². The van der Waals surface area contributed by atoms with Crippen LogP contribution in [0, 0.1) is 6.92 Å². The molecule has 0 saturated heterocycles. The van der Waals surface area contributed by atoms with E-state index in [2.05, 4.69) is 0 Å². The summed E-state index contributed by atoms with van der Waals surface area (Å²) < 4.78 is 5.21. The molecule has 0 aliphatic rings. The molecule has 0 bridgehead atoms. The van der Waals surface area contributed by atoms with Crippen molar-refractivity contribution >= 4 is 29.2 Å². The Morgan fingerprint density at radius 1 is 1.06 bits per heavy atom. The molecule has 0 radical (unpaired) electrons. The minimum Gasteiger partial charge on any atom is -0.423 e. The normalized spacial score (nSPS) is 10.2. The van der Waals surface area contributed by atoms with Crippen LogP contribution in [-0.2, 0) is 0 Å². The van der Waals surface area contributed by atoms with Gasteiger partial charge in [-0.15, -0.1) is 0 Å². The van der Waals surface area contributed by atoms with Gasteiger partial charge in [-0.1, -0.05) is 41.4 Å². The zero-order valence-electron chi connectivity index (χ0n) is 9.61. The molecule has 0 amide bonds. The number of benzene rings is 2. The van der Waals surface area contributed by atoms with E-state index >= 15 is 0 Å². The second-order valence-corrected chi connectivity index (χ2v) is 4.59. The van der Waals surface area contributed by atoms with E-state index in [1.165, 1.54) is 0 Å². The highest BCUT2D eigenvalue weighted by atomic mass is 35.5.